The van der Waals surface area contributed by atoms with Crippen LogP contribution in [0, 0.1) is 6.92 Å². The van der Waals surface area contributed by atoms with Gasteiger partial charge in [-0.2, -0.15) is 5.10 Å². The fourth-order valence-electron chi connectivity index (χ4n) is 1.32. The molecule has 2 rings (SSSR count). The van der Waals surface area contributed by atoms with Crippen LogP contribution in [0.1, 0.15) is 11.3 Å². The van der Waals surface area contributed by atoms with Gasteiger partial charge in [0.2, 0.25) is 0 Å². The van der Waals surface area contributed by atoms with Gasteiger partial charge in [-0.15, -0.1) is 0 Å². The maximum atomic E-state index is 5.82. The molecule has 0 aliphatic heterocycles. The Morgan fingerprint density at radius 1 is 1.50 bits per heavy atom. The molecule has 0 radical (unpaired) electrons. The molecule has 0 fully saturated rings. The second-order valence-corrected chi connectivity index (χ2v) is 3.40. The van der Waals surface area contributed by atoms with Crippen LogP contribution in [-0.2, 0) is 13.6 Å². The van der Waals surface area contributed by atoms with E-state index in [1.54, 1.807) is 17.2 Å². The SMILES string of the molecule is Cc1cnn(Cc2cn(C)cn2)c1N. The highest BCUT2D eigenvalue weighted by molar-refractivity contribution is 5.37. The lowest BCUT2D eigenvalue weighted by Gasteiger charge is -2.00. The van der Waals surface area contributed by atoms with E-state index >= 15 is 0 Å². The molecule has 0 amide bonds. The molecule has 0 aliphatic carbocycles. The van der Waals surface area contributed by atoms with Gasteiger partial charge in [0.15, 0.2) is 0 Å². The Bertz CT molecular complexity index is 440. The summed E-state index contributed by atoms with van der Waals surface area (Å²) in [6, 6.07) is 0. The number of nitrogens with two attached hydrogens (primary N) is 1. The van der Waals surface area contributed by atoms with Crippen LogP contribution in [-0.4, -0.2) is 19.3 Å². The standard InChI is InChI=1S/C9H13N5/c1-7-3-12-14(9(7)10)5-8-4-13(2)6-11-8/h3-4,6H,5,10H2,1-2H3. The molecule has 0 spiro atoms. The van der Waals surface area contributed by atoms with Gasteiger partial charge in [0, 0.05) is 18.8 Å². The number of hydrogen-bond donors (Lipinski definition) is 1. The van der Waals surface area contributed by atoms with Crippen molar-refractivity contribution in [3.8, 4) is 0 Å². The predicted octanol–water partition coefficient (Wildman–Crippen LogP) is 0.556. The van der Waals surface area contributed by atoms with Crippen molar-refractivity contribution < 1.29 is 0 Å². The Kier molecular flexibility index (Phi) is 1.99. The van der Waals surface area contributed by atoms with Crippen molar-refractivity contribution in [1.82, 2.24) is 19.3 Å². The van der Waals surface area contributed by atoms with Gasteiger partial charge < -0.3 is 10.3 Å². The lowest BCUT2D eigenvalue weighted by Crippen LogP contribution is -2.06. The molecule has 2 aromatic rings. The van der Waals surface area contributed by atoms with E-state index in [0.29, 0.717) is 12.4 Å². The number of aryl methyl sites for hydroxylation is 2. The topological polar surface area (TPSA) is 61.7 Å². The average molecular weight is 191 g/mol. The summed E-state index contributed by atoms with van der Waals surface area (Å²) in [5.74, 6) is 0.704. The lowest BCUT2D eigenvalue weighted by atomic mass is 10.4. The Morgan fingerprint density at radius 2 is 2.29 bits per heavy atom. The summed E-state index contributed by atoms with van der Waals surface area (Å²) >= 11 is 0. The van der Waals surface area contributed by atoms with Crippen molar-refractivity contribution in [2.75, 3.05) is 5.73 Å². The highest BCUT2D eigenvalue weighted by Gasteiger charge is 2.04. The van der Waals surface area contributed by atoms with Crippen LogP contribution in [0.5, 0.6) is 0 Å². The van der Waals surface area contributed by atoms with E-state index < -0.39 is 0 Å². The molecule has 2 heterocycles. The molecule has 2 N–H and O–H groups in total. The number of rotatable bonds is 2. The molecule has 0 saturated heterocycles. The number of anilines is 1. The summed E-state index contributed by atoms with van der Waals surface area (Å²) in [5, 5.41) is 4.16. The zero-order chi connectivity index (χ0) is 10.1. The van der Waals surface area contributed by atoms with E-state index in [0.717, 1.165) is 11.3 Å². The van der Waals surface area contributed by atoms with Crippen LogP contribution < -0.4 is 5.73 Å². The van der Waals surface area contributed by atoms with Gasteiger partial charge >= 0.3 is 0 Å². The van der Waals surface area contributed by atoms with E-state index in [-0.39, 0.29) is 0 Å². The number of hydrogen-bond acceptors (Lipinski definition) is 3. The van der Waals surface area contributed by atoms with E-state index in [1.807, 2.05) is 24.7 Å². The maximum absolute atomic E-state index is 5.82. The Morgan fingerprint density at radius 3 is 2.79 bits per heavy atom. The Hall–Kier alpha value is -1.78. The molecule has 0 saturated carbocycles. The number of nitrogens with zero attached hydrogens (tertiary/aromatic N) is 4. The number of imidazole rings is 1. The molecular weight excluding hydrogens is 178 g/mol. The number of nitrogen functional groups attached to an aromatic ring is 1. The summed E-state index contributed by atoms with van der Waals surface area (Å²) < 4.78 is 3.65. The maximum Gasteiger partial charge on any atom is 0.125 e. The fourth-order valence-corrected chi connectivity index (χ4v) is 1.32. The normalized spacial score (nSPS) is 10.7. The van der Waals surface area contributed by atoms with E-state index in [2.05, 4.69) is 10.1 Å². The Labute approximate surface area is 82.2 Å². The second kappa shape index (κ2) is 3.17. The van der Waals surface area contributed by atoms with Gasteiger partial charge in [0.25, 0.3) is 0 Å². The van der Waals surface area contributed by atoms with Gasteiger partial charge in [0.1, 0.15) is 5.82 Å². The largest absolute Gasteiger partial charge is 0.384 e. The zero-order valence-electron chi connectivity index (χ0n) is 8.31. The Balaban J connectivity index is 2.22. The summed E-state index contributed by atoms with van der Waals surface area (Å²) in [5.41, 5.74) is 7.78. The molecular formula is C9H13N5. The van der Waals surface area contributed by atoms with E-state index in [4.69, 9.17) is 5.73 Å². The van der Waals surface area contributed by atoms with Gasteiger partial charge in [0.05, 0.1) is 24.8 Å². The second-order valence-electron chi connectivity index (χ2n) is 3.40. The van der Waals surface area contributed by atoms with Crippen LogP contribution in [0.3, 0.4) is 0 Å². The molecule has 5 nitrogen and oxygen atoms in total. The smallest absolute Gasteiger partial charge is 0.125 e. The fraction of sp³-hybridized carbons (Fsp3) is 0.333. The van der Waals surface area contributed by atoms with Crippen LogP contribution in [0.2, 0.25) is 0 Å². The minimum absolute atomic E-state index is 0.626. The van der Waals surface area contributed by atoms with Gasteiger partial charge in [-0.25, -0.2) is 9.67 Å². The quantitative estimate of drug-likeness (QED) is 0.754. The number of aromatic nitrogens is 4. The zero-order valence-corrected chi connectivity index (χ0v) is 8.31. The molecule has 14 heavy (non-hydrogen) atoms. The molecule has 5 heteroatoms. The highest BCUT2D eigenvalue weighted by Crippen LogP contribution is 2.10. The van der Waals surface area contributed by atoms with Crippen molar-refractivity contribution in [2.45, 2.75) is 13.5 Å². The molecule has 0 bridgehead atoms. The third-order valence-electron chi connectivity index (χ3n) is 2.14. The summed E-state index contributed by atoms with van der Waals surface area (Å²) in [7, 11) is 1.94. The first-order valence-corrected chi connectivity index (χ1v) is 4.41. The monoisotopic (exact) mass is 191 g/mol. The van der Waals surface area contributed by atoms with E-state index in [9.17, 15) is 0 Å². The minimum atomic E-state index is 0.626. The van der Waals surface area contributed by atoms with Crippen LogP contribution in [0.15, 0.2) is 18.7 Å². The first kappa shape index (κ1) is 8.80. The van der Waals surface area contributed by atoms with Crippen LogP contribution in [0.25, 0.3) is 0 Å². The van der Waals surface area contributed by atoms with Gasteiger partial charge in [-0.05, 0) is 6.92 Å². The third kappa shape index (κ3) is 1.48. The minimum Gasteiger partial charge on any atom is -0.384 e. The molecule has 0 aliphatic rings. The predicted molar refractivity (Wildman–Crippen MR) is 53.7 cm³/mol. The van der Waals surface area contributed by atoms with E-state index in [1.165, 1.54) is 0 Å². The third-order valence-corrected chi connectivity index (χ3v) is 2.14. The van der Waals surface area contributed by atoms with Crippen molar-refractivity contribution in [3.05, 3.63) is 30.0 Å². The first-order chi connectivity index (χ1) is 6.66. The van der Waals surface area contributed by atoms with Crippen molar-refractivity contribution >= 4 is 5.82 Å². The van der Waals surface area contributed by atoms with Crippen molar-refractivity contribution in [3.63, 3.8) is 0 Å². The van der Waals surface area contributed by atoms with Crippen LogP contribution in [0.4, 0.5) is 5.82 Å². The summed E-state index contributed by atoms with van der Waals surface area (Å²) in [6.45, 7) is 2.57. The molecule has 0 atom stereocenters. The van der Waals surface area contributed by atoms with Gasteiger partial charge in [-0.1, -0.05) is 0 Å². The molecule has 0 aromatic carbocycles. The summed E-state index contributed by atoms with van der Waals surface area (Å²) in [4.78, 5) is 4.21. The average Bonchev–Trinajstić information content (AvgIpc) is 2.67. The molecule has 2 aromatic heterocycles. The lowest BCUT2D eigenvalue weighted by molar-refractivity contribution is 0.684. The first-order valence-electron chi connectivity index (χ1n) is 4.41. The van der Waals surface area contributed by atoms with Crippen LogP contribution >= 0.6 is 0 Å². The van der Waals surface area contributed by atoms with Crippen molar-refractivity contribution in [1.29, 1.82) is 0 Å². The summed E-state index contributed by atoms with van der Waals surface area (Å²) in [6.07, 6.45) is 5.48. The van der Waals surface area contributed by atoms with Crippen molar-refractivity contribution in [2.24, 2.45) is 7.05 Å². The van der Waals surface area contributed by atoms with Gasteiger partial charge in [-0.3, -0.25) is 0 Å². The highest BCUT2D eigenvalue weighted by atomic mass is 15.3. The molecule has 74 valence electrons. The molecule has 0 unspecified atom stereocenters.